The predicted molar refractivity (Wildman–Crippen MR) is 130 cm³/mol. The summed E-state index contributed by atoms with van der Waals surface area (Å²) in [6.45, 7) is -0.0428. The summed E-state index contributed by atoms with van der Waals surface area (Å²) in [4.78, 5) is 17.0. The number of carbonyl (C=O) groups excluding carboxylic acids is 1. The van der Waals surface area contributed by atoms with Crippen LogP contribution in [-0.2, 0) is 11.2 Å². The average Bonchev–Trinajstić information content (AvgIpc) is 3.26. The normalized spacial score (nSPS) is 14.3. The van der Waals surface area contributed by atoms with Crippen LogP contribution in [0.1, 0.15) is 55.0 Å². The third-order valence-corrected chi connectivity index (χ3v) is 6.24. The second kappa shape index (κ2) is 9.90. The molecule has 5 rings (SSSR count). The van der Waals surface area contributed by atoms with Crippen molar-refractivity contribution in [2.24, 2.45) is 0 Å². The molecular formula is C28H28N2O3. The van der Waals surface area contributed by atoms with Crippen LogP contribution in [0.15, 0.2) is 77.2 Å². The lowest BCUT2D eigenvalue weighted by Crippen LogP contribution is -2.20. The molecule has 1 fully saturated rings. The Morgan fingerprint density at radius 2 is 1.76 bits per heavy atom. The van der Waals surface area contributed by atoms with Crippen molar-refractivity contribution in [2.75, 3.05) is 11.9 Å². The van der Waals surface area contributed by atoms with Gasteiger partial charge in [-0.1, -0.05) is 61.7 Å². The fraction of sp³-hybridized carbons (Fsp3) is 0.286. The largest absolute Gasteiger partial charge is 0.484 e. The summed E-state index contributed by atoms with van der Waals surface area (Å²) >= 11 is 0. The molecule has 33 heavy (non-hydrogen) atoms. The summed E-state index contributed by atoms with van der Waals surface area (Å²) in [6, 6.07) is 23.7. The minimum Gasteiger partial charge on any atom is -0.484 e. The highest BCUT2D eigenvalue weighted by molar-refractivity contribution is 5.93. The molecule has 168 valence electrons. The molecule has 1 amide bonds. The van der Waals surface area contributed by atoms with Crippen molar-refractivity contribution >= 4 is 22.7 Å². The highest BCUT2D eigenvalue weighted by Gasteiger charge is 2.15. The van der Waals surface area contributed by atoms with E-state index >= 15 is 0 Å². The number of nitrogens with zero attached hydrogens (tertiary/aromatic N) is 1. The second-order valence-corrected chi connectivity index (χ2v) is 8.69. The molecule has 0 atom stereocenters. The highest BCUT2D eigenvalue weighted by Crippen LogP contribution is 2.33. The predicted octanol–water partition coefficient (Wildman–Crippen LogP) is 6.48. The zero-order valence-electron chi connectivity index (χ0n) is 18.6. The van der Waals surface area contributed by atoms with Gasteiger partial charge in [-0.3, -0.25) is 4.79 Å². The summed E-state index contributed by atoms with van der Waals surface area (Å²) in [5.74, 6) is 1.82. The average molecular weight is 441 g/mol. The number of fused-ring (bicyclic) bond motifs is 1. The molecule has 5 heteroatoms. The fourth-order valence-electron chi connectivity index (χ4n) is 4.52. The summed E-state index contributed by atoms with van der Waals surface area (Å²) in [7, 11) is 0. The number of oxazole rings is 1. The Labute approximate surface area is 193 Å². The van der Waals surface area contributed by atoms with E-state index in [1.807, 2.05) is 60.7 Å². The molecule has 1 heterocycles. The maximum atomic E-state index is 12.4. The monoisotopic (exact) mass is 440 g/mol. The van der Waals surface area contributed by atoms with Crippen molar-refractivity contribution < 1.29 is 13.9 Å². The van der Waals surface area contributed by atoms with Crippen LogP contribution in [-0.4, -0.2) is 17.5 Å². The first-order chi connectivity index (χ1) is 16.2. The fourth-order valence-corrected chi connectivity index (χ4v) is 4.52. The summed E-state index contributed by atoms with van der Waals surface area (Å²) in [5.41, 5.74) is 4.61. The third kappa shape index (κ3) is 5.43. The number of aromatic nitrogens is 1. The van der Waals surface area contributed by atoms with Crippen LogP contribution in [0, 0.1) is 0 Å². The highest BCUT2D eigenvalue weighted by atomic mass is 16.5. The number of nitrogens with one attached hydrogen (secondary N) is 1. The van der Waals surface area contributed by atoms with E-state index in [-0.39, 0.29) is 12.5 Å². The Morgan fingerprint density at radius 3 is 2.55 bits per heavy atom. The standard InChI is InChI=1S/C28H28N2O3/c31-27(19-32-24-14-11-22(12-15-24)21-9-5-2-6-10-21)29-23-13-16-26-25(18-23)30-28(33-26)17-20-7-3-1-4-8-20/h1,3-4,7-8,11-16,18,21H,2,5-6,9-10,17,19H2,(H,29,31). The van der Waals surface area contributed by atoms with E-state index in [1.165, 1.54) is 37.7 Å². The number of benzene rings is 3. The van der Waals surface area contributed by atoms with Crippen molar-refractivity contribution in [2.45, 2.75) is 44.4 Å². The molecule has 3 aromatic carbocycles. The Kier molecular flexibility index (Phi) is 6.38. The van der Waals surface area contributed by atoms with Crippen molar-refractivity contribution in [1.82, 2.24) is 4.98 Å². The molecule has 4 aromatic rings. The number of rotatable bonds is 7. The van der Waals surface area contributed by atoms with E-state index in [1.54, 1.807) is 0 Å². The molecule has 0 aliphatic heterocycles. The number of amides is 1. The van der Waals surface area contributed by atoms with Gasteiger partial charge in [0.05, 0.1) is 0 Å². The molecule has 1 aromatic heterocycles. The van der Waals surface area contributed by atoms with Crippen LogP contribution >= 0.6 is 0 Å². The topological polar surface area (TPSA) is 64.4 Å². The molecular weight excluding hydrogens is 412 g/mol. The minimum absolute atomic E-state index is 0.0428. The van der Waals surface area contributed by atoms with Gasteiger partial charge >= 0.3 is 0 Å². The van der Waals surface area contributed by atoms with E-state index in [2.05, 4.69) is 22.4 Å². The summed E-state index contributed by atoms with van der Waals surface area (Å²) in [5, 5.41) is 2.88. The second-order valence-electron chi connectivity index (χ2n) is 8.69. The van der Waals surface area contributed by atoms with Crippen LogP contribution in [0.4, 0.5) is 5.69 Å². The molecule has 1 N–H and O–H groups in total. The van der Waals surface area contributed by atoms with E-state index in [0.717, 1.165) is 11.1 Å². The zero-order valence-corrected chi connectivity index (χ0v) is 18.6. The third-order valence-electron chi connectivity index (χ3n) is 6.24. The van der Waals surface area contributed by atoms with Crippen molar-refractivity contribution in [3.05, 3.63) is 89.8 Å². The van der Waals surface area contributed by atoms with Gasteiger partial charge < -0.3 is 14.5 Å². The molecule has 1 aliphatic carbocycles. The van der Waals surface area contributed by atoms with Crippen molar-refractivity contribution in [3.8, 4) is 5.75 Å². The van der Waals surface area contributed by atoms with Gasteiger partial charge in [0, 0.05) is 12.1 Å². The summed E-state index contributed by atoms with van der Waals surface area (Å²) in [6.07, 6.45) is 7.16. The van der Waals surface area contributed by atoms with E-state index in [0.29, 0.717) is 35.2 Å². The quantitative estimate of drug-likeness (QED) is 0.357. The maximum Gasteiger partial charge on any atom is 0.262 e. The van der Waals surface area contributed by atoms with E-state index < -0.39 is 0 Å². The molecule has 1 saturated carbocycles. The number of carbonyl (C=O) groups is 1. The van der Waals surface area contributed by atoms with E-state index in [9.17, 15) is 4.79 Å². The van der Waals surface area contributed by atoms with Crippen LogP contribution in [0.2, 0.25) is 0 Å². The molecule has 5 nitrogen and oxygen atoms in total. The number of ether oxygens (including phenoxy) is 1. The first kappa shape index (κ1) is 21.3. The van der Waals surface area contributed by atoms with Crippen LogP contribution in [0.3, 0.4) is 0 Å². The molecule has 0 bridgehead atoms. The Hall–Kier alpha value is -3.60. The van der Waals surface area contributed by atoms with Crippen LogP contribution < -0.4 is 10.1 Å². The Balaban J connectivity index is 1.16. The van der Waals surface area contributed by atoms with Crippen LogP contribution in [0.25, 0.3) is 11.1 Å². The number of hydrogen-bond acceptors (Lipinski definition) is 4. The van der Waals surface area contributed by atoms with Gasteiger partial charge in [-0.2, -0.15) is 0 Å². The van der Waals surface area contributed by atoms with Gasteiger partial charge in [0.2, 0.25) is 0 Å². The van der Waals surface area contributed by atoms with Gasteiger partial charge in [-0.05, 0) is 60.2 Å². The molecule has 0 unspecified atom stereocenters. The van der Waals surface area contributed by atoms with Gasteiger partial charge in [0.15, 0.2) is 18.1 Å². The molecule has 0 saturated heterocycles. The molecule has 0 spiro atoms. The lowest BCUT2D eigenvalue weighted by atomic mass is 9.84. The summed E-state index contributed by atoms with van der Waals surface area (Å²) < 4.78 is 11.5. The molecule has 0 radical (unpaired) electrons. The van der Waals surface area contributed by atoms with Crippen molar-refractivity contribution in [3.63, 3.8) is 0 Å². The van der Waals surface area contributed by atoms with Gasteiger partial charge in [0.1, 0.15) is 11.3 Å². The smallest absolute Gasteiger partial charge is 0.262 e. The lowest BCUT2D eigenvalue weighted by Gasteiger charge is -2.22. The zero-order chi connectivity index (χ0) is 22.5. The lowest BCUT2D eigenvalue weighted by molar-refractivity contribution is -0.118. The van der Waals surface area contributed by atoms with Gasteiger partial charge in [-0.15, -0.1) is 0 Å². The first-order valence-corrected chi connectivity index (χ1v) is 11.7. The first-order valence-electron chi connectivity index (χ1n) is 11.7. The Morgan fingerprint density at radius 1 is 0.970 bits per heavy atom. The minimum atomic E-state index is -0.210. The van der Waals surface area contributed by atoms with Crippen molar-refractivity contribution in [1.29, 1.82) is 0 Å². The Bertz CT molecular complexity index is 1210. The van der Waals surface area contributed by atoms with E-state index in [4.69, 9.17) is 9.15 Å². The van der Waals surface area contributed by atoms with Gasteiger partial charge in [-0.25, -0.2) is 4.98 Å². The van der Waals surface area contributed by atoms with Gasteiger partial charge in [0.25, 0.3) is 5.91 Å². The maximum absolute atomic E-state index is 12.4. The number of hydrogen-bond donors (Lipinski definition) is 1. The SMILES string of the molecule is O=C(COc1ccc(C2CCCCC2)cc1)Nc1ccc2oc(Cc3ccccc3)nc2c1. The van der Waals surface area contributed by atoms with Crippen LogP contribution in [0.5, 0.6) is 5.75 Å². The number of anilines is 1. The molecule has 1 aliphatic rings.